The number of aliphatic imine (C=N–C) groups is 1. The molecule has 2 heterocycles. The summed E-state index contributed by atoms with van der Waals surface area (Å²) >= 11 is 0. The fourth-order valence-electron chi connectivity index (χ4n) is 4.82. The van der Waals surface area contributed by atoms with Gasteiger partial charge in [0.05, 0.1) is 0 Å². The van der Waals surface area contributed by atoms with Crippen molar-refractivity contribution in [3.8, 4) is 5.75 Å². The normalized spacial score (nSPS) is 22.9. The number of para-hydroxylation sites is 1. The quantitative estimate of drug-likeness (QED) is 0.756. The lowest BCUT2D eigenvalue weighted by Gasteiger charge is -2.16. The lowest BCUT2D eigenvalue weighted by atomic mass is 10.1. The summed E-state index contributed by atoms with van der Waals surface area (Å²) in [5.74, 6) is 2.10. The average Bonchev–Trinajstić information content (AvgIpc) is 3.49. The number of carbonyl (C=O) groups excluding carboxylic acids is 1. The maximum atomic E-state index is 12.9. The number of fused-ring (bicyclic) bond motifs is 1. The van der Waals surface area contributed by atoms with Crippen molar-refractivity contribution in [3.05, 3.63) is 59.7 Å². The minimum absolute atomic E-state index is 0.0554. The van der Waals surface area contributed by atoms with Gasteiger partial charge >= 0.3 is 0 Å². The second-order valence-corrected chi connectivity index (χ2v) is 8.92. The van der Waals surface area contributed by atoms with Gasteiger partial charge in [-0.25, -0.2) is 4.99 Å². The van der Waals surface area contributed by atoms with E-state index in [0.29, 0.717) is 12.5 Å². The van der Waals surface area contributed by atoms with E-state index >= 15 is 0 Å². The van der Waals surface area contributed by atoms with E-state index in [1.54, 1.807) is 0 Å². The van der Waals surface area contributed by atoms with E-state index in [9.17, 15) is 4.79 Å². The predicted molar refractivity (Wildman–Crippen MR) is 123 cm³/mol. The number of benzene rings is 2. The molecule has 2 fully saturated rings. The lowest BCUT2D eigenvalue weighted by molar-refractivity contribution is -0.121. The van der Waals surface area contributed by atoms with E-state index in [-0.39, 0.29) is 11.8 Å². The highest BCUT2D eigenvalue weighted by Gasteiger charge is 2.44. The molecule has 2 aromatic carbocycles. The molecule has 2 unspecified atom stereocenters. The smallest absolute Gasteiger partial charge is 0.229 e. The molecule has 5 rings (SSSR count). The van der Waals surface area contributed by atoms with Gasteiger partial charge in [-0.15, -0.1) is 0 Å². The molecule has 2 aliphatic heterocycles. The van der Waals surface area contributed by atoms with Crippen LogP contribution in [0.4, 0.5) is 5.69 Å². The van der Waals surface area contributed by atoms with Gasteiger partial charge in [0.15, 0.2) is 0 Å². The van der Waals surface area contributed by atoms with E-state index < -0.39 is 0 Å². The Morgan fingerprint density at radius 1 is 1.03 bits per heavy atom. The Balaban J connectivity index is 1.25. The Labute approximate surface area is 184 Å². The number of likely N-dealkylation sites (tertiary alicyclic amines) is 1. The van der Waals surface area contributed by atoms with Crippen LogP contribution in [0.15, 0.2) is 53.5 Å². The second kappa shape index (κ2) is 9.23. The molecule has 31 heavy (non-hydrogen) atoms. The first-order valence-electron chi connectivity index (χ1n) is 11.7. The monoisotopic (exact) mass is 417 g/mol. The van der Waals surface area contributed by atoms with Gasteiger partial charge in [-0.3, -0.25) is 9.69 Å². The number of aryl methyl sites for hydroxylation is 1. The van der Waals surface area contributed by atoms with Crippen LogP contribution in [0, 0.1) is 5.92 Å². The zero-order valence-electron chi connectivity index (χ0n) is 18.1. The third kappa shape index (κ3) is 4.82. The molecule has 5 nitrogen and oxygen atoms in total. The maximum absolute atomic E-state index is 12.9. The number of ether oxygens (including phenoxy) is 1. The summed E-state index contributed by atoms with van der Waals surface area (Å²) in [7, 11) is 0. The molecule has 2 aromatic rings. The zero-order valence-corrected chi connectivity index (χ0v) is 18.1. The van der Waals surface area contributed by atoms with Crippen molar-refractivity contribution in [1.29, 1.82) is 0 Å². The van der Waals surface area contributed by atoms with Gasteiger partial charge in [0.25, 0.3) is 0 Å². The van der Waals surface area contributed by atoms with Crippen LogP contribution >= 0.6 is 0 Å². The molecule has 2 atom stereocenters. The first-order chi connectivity index (χ1) is 15.3. The summed E-state index contributed by atoms with van der Waals surface area (Å²) in [6, 6.07) is 16.5. The summed E-state index contributed by atoms with van der Waals surface area (Å²) < 4.78 is 6.15. The van der Waals surface area contributed by atoms with Crippen molar-refractivity contribution in [1.82, 2.24) is 10.2 Å². The first kappa shape index (κ1) is 20.3. The molecule has 0 spiro atoms. The molecular formula is C26H31N3O2. The van der Waals surface area contributed by atoms with Crippen LogP contribution in [0.5, 0.6) is 5.75 Å². The van der Waals surface area contributed by atoms with Crippen molar-refractivity contribution >= 4 is 17.4 Å². The Morgan fingerprint density at radius 3 is 2.71 bits per heavy atom. The van der Waals surface area contributed by atoms with Gasteiger partial charge in [-0.05, 0) is 68.3 Å². The molecule has 1 aliphatic carbocycles. The SMILES string of the molecule is O=C(NC1=Nc2c(cccc2OCCN2CCCC2)CCC1)C1CC1c1ccccc1. The Hall–Kier alpha value is -2.66. The first-order valence-corrected chi connectivity index (χ1v) is 11.7. The minimum Gasteiger partial charge on any atom is -0.490 e. The highest BCUT2D eigenvalue weighted by Crippen LogP contribution is 2.47. The summed E-state index contributed by atoms with van der Waals surface area (Å²) in [5, 5.41) is 3.14. The number of nitrogens with zero attached hydrogens (tertiary/aromatic N) is 2. The molecule has 3 aliphatic rings. The van der Waals surface area contributed by atoms with Gasteiger partial charge in [-0.2, -0.15) is 0 Å². The molecule has 162 valence electrons. The molecule has 1 amide bonds. The van der Waals surface area contributed by atoms with Gasteiger partial charge in [0.2, 0.25) is 5.91 Å². The molecule has 1 N–H and O–H groups in total. The fraction of sp³-hybridized carbons (Fsp3) is 0.462. The number of amidine groups is 1. The summed E-state index contributed by atoms with van der Waals surface area (Å²) in [6.45, 7) is 3.99. The maximum Gasteiger partial charge on any atom is 0.229 e. The summed E-state index contributed by atoms with van der Waals surface area (Å²) in [6.07, 6.45) is 6.23. The van der Waals surface area contributed by atoms with Crippen molar-refractivity contribution in [2.75, 3.05) is 26.2 Å². The van der Waals surface area contributed by atoms with Crippen LogP contribution in [0.1, 0.15) is 49.1 Å². The molecular weight excluding hydrogens is 386 g/mol. The number of carbonyl (C=O) groups is 1. The predicted octanol–water partition coefficient (Wildman–Crippen LogP) is 4.45. The highest BCUT2D eigenvalue weighted by molar-refractivity contribution is 6.02. The molecule has 5 heteroatoms. The zero-order chi connectivity index (χ0) is 21.0. The summed E-state index contributed by atoms with van der Waals surface area (Å²) in [5.41, 5.74) is 3.35. The van der Waals surface area contributed by atoms with Gasteiger partial charge in [0, 0.05) is 18.9 Å². The van der Waals surface area contributed by atoms with Crippen molar-refractivity contribution < 1.29 is 9.53 Å². The van der Waals surface area contributed by atoms with Crippen LogP contribution in [0.25, 0.3) is 0 Å². The topological polar surface area (TPSA) is 53.9 Å². The van der Waals surface area contributed by atoms with E-state index in [0.717, 1.165) is 49.5 Å². The van der Waals surface area contributed by atoms with Crippen molar-refractivity contribution in [3.63, 3.8) is 0 Å². The van der Waals surface area contributed by atoms with Crippen LogP contribution < -0.4 is 10.1 Å². The van der Waals surface area contributed by atoms with Gasteiger partial charge < -0.3 is 10.1 Å². The molecule has 0 bridgehead atoms. The fourth-order valence-corrected chi connectivity index (χ4v) is 4.82. The largest absolute Gasteiger partial charge is 0.490 e. The molecule has 1 saturated carbocycles. The number of amides is 1. The molecule has 1 saturated heterocycles. The standard InChI is InChI=1S/C26H31N3O2/c30-26(22-18-21(22)19-8-2-1-3-9-19)28-24-13-7-11-20-10-6-12-23(25(20)27-24)31-17-16-29-14-4-5-15-29/h1-3,6,8-10,12,21-22H,4-5,7,11,13-18H2,(H,27,28,30). The Morgan fingerprint density at radius 2 is 1.87 bits per heavy atom. The van der Waals surface area contributed by atoms with E-state index in [2.05, 4.69) is 34.5 Å². The van der Waals surface area contributed by atoms with E-state index in [1.807, 2.05) is 24.3 Å². The number of hydrogen-bond acceptors (Lipinski definition) is 4. The van der Waals surface area contributed by atoms with Gasteiger partial charge in [-0.1, -0.05) is 42.5 Å². The van der Waals surface area contributed by atoms with E-state index in [1.165, 1.54) is 37.1 Å². The Kier molecular flexibility index (Phi) is 6.03. The number of rotatable bonds is 6. The van der Waals surface area contributed by atoms with Crippen LogP contribution in [0.2, 0.25) is 0 Å². The van der Waals surface area contributed by atoms with Crippen LogP contribution in [0.3, 0.4) is 0 Å². The highest BCUT2D eigenvalue weighted by atomic mass is 16.5. The molecule has 0 radical (unpaired) electrons. The van der Waals surface area contributed by atoms with Crippen LogP contribution in [-0.2, 0) is 11.2 Å². The molecule has 0 aromatic heterocycles. The second-order valence-electron chi connectivity index (χ2n) is 8.92. The van der Waals surface area contributed by atoms with Crippen LogP contribution in [-0.4, -0.2) is 42.9 Å². The van der Waals surface area contributed by atoms with Gasteiger partial charge in [0.1, 0.15) is 23.9 Å². The summed E-state index contributed by atoms with van der Waals surface area (Å²) in [4.78, 5) is 20.2. The Bertz CT molecular complexity index is 950. The number of nitrogens with one attached hydrogen (secondary N) is 1. The third-order valence-electron chi connectivity index (χ3n) is 6.68. The lowest BCUT2D eigenvalue weighted by Crippen LogP contribution is -2.31. The third-order valence-corrected chi connectivity index (χ3v) is 6.68. The minimum atomic E-state index is 0.0554. The average molecular weight is 418 g/mol. The van der Waals surface area contributed by atoms with E-state index in [4.69, 9.17) is 9.73 Å². The van der Waals surface area contributed by atoms with Crippen molar-refractivity contribution in [2.24, 2.45) is 10.9 Å². The number of hydrogen-bond donors (Lipinski definition) is 1. The van der Waals surface area contributed by atoms with Crippen molar-refractivity contribution in [2.45, 2.75) is 44.4 Å².